The zero-order chi connectivity index (χ0) is 12.3. The number of fused-ring (bicyclic) bond motifs is 1. The summed E-state index contributed by atoms with van der Waals surface area (Å²) in [6.07, 6.45) is 4.51. The minimum absolute atomic E-state index is 0.103. The van der Waals surface area contributed by atoms with Gasteiger partial charge in [0.25, 0.3) is 0 Å². The van der Waals surface area contributed by atoms with Crippen molar-refractivity contribution < 1.29 is 9.59 Å². The molecule has 92 valence electrons. The molecule has 6 heteroatoms. The van der Waals surface area contributed by atoms with Crippen LogP contribution < -0.4 is 10.2 Å². The van der Waals surface area contributed by atoms with E-state index in [1.54, 1.807) is 4.90 Å². The lowest BCUT2D eigenvalue weighted by Gasteiger charge is -2.19. The molecule has 2 rings (SSSR count). The monoisotopic (exact) mass is 236 g/mol. The van der Waals surface area contributed by atoms with Crippen LogP contribution in [0.15, 0.2) is 6.20 Å². The molecular weight excluding hydrogens is 220 g/mol. The molecule has 6 nitrogen and oxygen atoms in total. The first kappa shape index (κ1) is 11.6. The smallest absolute Gasteiger partial charge is 0.237 e. The Hall–Kier alpha value is -1.85. The van der Waals surface area contributed by atoms with Crippen molar-refractivity contribution in [2.24, 2.45) is 0 Å². The molecular formula is C11H16N4O2. The van der Waals surface area contributed by atoms with Gasteiger partial charge in [-0.3, -0.25) is 19.6 Å². The van der Waals surface area contributed by atoms with Gasteiger partial charge in [-0.2, -0.15) is 5.10 Å². The van der Waals surface area contributed by atoms with Gasteiger partial charge in [0, 0.05) is 6.54 Å². The van der Waals surface area contributed by atoms with Gasteiger partial charge < -0.3 is 5.32 Å². The second-order valence-corrected chi connectivity index (χ2v) is 4.11. The molecule has 0 saturated heterocycles. The highest BCUT2D eigenvalue weighted by atomic mass is 16.2. The Morgan fingerprint density at radius 3 is 3.00 bits per heavy atom. The molecule has 2 heterocycles. The molecule has 17 heavy (non-hydrogen) atoms. The third-order valence-electron chi connectivity index (χ3n) is 2.76. The van der Waals surface area contributed by atoms with E-state index in [4.69, 9.17) is 0 Å². The number of rotatable bonds is 4. The third-order valence-corrected chi connectivity index (χ3v) is 2.76. The first-order valence-corrected chi connectivity index (χ1v) is 5.86. The van der Waals surface area contributed by atoms with Crippen LogP contribution in [-0.4, -0.2) is 28.6 Å². The highest BCUT2D eigenvalue weighted by Crippen LogP contribution is 2.26. The van der Waals surface area contributed by atoms with Gasteiger partial charge in [-0.25, -0.2) is 0 Å². The fourth-order valence-electron chi connectivity index (χ4n) is 1.88. The number of amides is 2. The van der Waals surface area contributed by atoms with Gasteiger partial charge in [0.1, 0.15) is 12.1 Å². The Balaban J connectivity index is 2.18. The number of hydrogen-bond acceptors (Lipinski definition) is 3. The van der Waals surface area contributed by atoms with E-state index < -0.39 is 0 Å². The van der Waals surface area contributed by atoms with E-state index in [0.717, 1.165) is 19.3 Å². The summed E-state index contributed by atoms with van der Waals surface area (Å²) in [5, 5.41) is 9.28. The molecule has 0 unspecified atom stereocenters. The molecule has 0 radical (unpaired) electrons. The van der Waals surface area contributed by atoms with Gasteiger partial charge in [-0.1, -0.05) is 19.8 Å². The van der Waals surface area contributed by atoms with Crippen molar-refractivity contribution in [2.75, 3.05) is 16.8 Å². The Labute approximate surface area is 99.4 Å². The predicted octanol–water partition coefficient (Wildman–Crippen LogP) is 1.28. The largest absolute Gasteiger partial charge is 0.321 e. The minimum atomic E-state index is -0.282. The van der Waals surface area contributed by atoms with Crippen LogP contribution in [0.4, 0.5) is 11.5 Å². The molecule has 2 N–H and O–H groups in total. The SMILES string of the molecule is CCCCCN1C(=O)CC(=O)Nc2cn[nH]c21. The second kappa shape index (κ2) is 4.99. The van der Waals surface area contributed by atoms with Crippen molar-refractivity contribution in [3.8, 4) is 0 Å². The number of hydrogen-bond donors (Lipinski definition) is 2. The number of nitrogens with one attached hydrogen (secondary N) is 2. The van der Waals surface area contributed by atoms with Crippen LogP contribution >= 0.6 is 0 Å². The molecule has 0 aromatic carbocycles. The molecule has 0 atom stereocenters. The summed E-state index contributed by atoms with van der Waals surface area (Å²) in [5.74, 6) is 0.134. The first-order chi connectivity index (χ1) is 8.22. The van der Waals surface area contributed by atoms with Gasteiger partial charge in [-0.05, 0) is 6.42 Å². The number of anilines is 2. The van der Waals surface area contributed by atoms with Gasteiger partial charge in [0.2, 0.25) is 11.8 Å². The van der Waals surface area contributed by atoms with Crippen molar-refractivity contribution in [3.05, 3.63) is 6.20 Å². The highest BCUT2D eigenvalue weighted by molar-refractivity contribution is 6.13. The number of nitrogens with zero attached hydrogens (tertiary/aromatic N) is 2. The van der Waals surface area contributed by atoms with Gasteiger partial charge in [0.05, 0.1) is 6.20 Å². The number of aromatic amines is 1. The summed E-state index contributed by atoms with van der Waals surface area (Å²) in [6, 6.07) is 0. The second-order valence-electron chi connectivity index (χ2n) is 4.11. The normalized spacial score (nSPS) is 15.5. The summed E-state index contributed by atoms with van der Waals surface area (Å²) >= 11 is 0. The van der Waals surface area contributed by atoms with Crippen LogP contribution in [0.3, 0.4) is 0 Å². The van der Waals surface area contributed by atoms with Gasteiger partial charge in [0.15, 0.2) is 5.82 Å². The molecule has 0 saturated carbocycles. The Morgan fingerprint density at radius 2 is 2.24 bits per heavy atom. The third kappa shape index (κ3) is 2.46. The summed E-state index contributed by atoms with van der Waals surface area (Å²) in [4.78, 5) is 24.9. The maximum atomic E-state index is 11.9. The first-order valence-electron chi connectivity index (χ1n) is 5.86. The van der Waals surface area contributed by atoms with Crippen LogP contribution in [0, 0.1) is 0 Å². The molecule has 1 aromatic rings. The van der Waals surface area contributed by atoms with E-state index in [-0.39, 0.29) is 18.2 Å². The minimum Gasteiger partial charge on any atom is -0.321 e. The molecule has 1 aromatic heterocycles. The van der Waals surface area contributed by atoms with E-state index >= 15 is 0 Å². The fourth-order valence-corrected chi connectivity index (χ4v) is 1.88. The molecule has 0 spiro atoms. The number of unbranched alkanes of at least 4 members (excludes halogenated alkanes) is 2. The quantitative estimate of drug-likeness (QED) is 0.610. The Kier molecular flexibility index (Phi) is 3.41. The lowest BCUT2D eigenvalue weighted by atomic mass is 10.2. The number of H-pyrrole nitrogens is 1. The fraction of sp³-hybridized carbons (Fsp3) is 0.545. The molecule has 0 aliphatic carbocycles. The van der Waals surface area contributed by atoms with Crippen molar-refractivity contribution in [1.82, 2.24) is 10.2 Å². The van der Waals surface area contributed by atoms with E-state index in [0.29, 0.717) is 18.1 Å². The van der Waals surface area contributed by atoms with E-state index in [1.165, 1.54) is 6.20 Å². The van der Waals surface area contributed by atoms with E-state index in [1.807, 2.05) is 0 Å². The average Bonchev–Trinajstić information content (AvgIpc) is 2.68. The van der Waals surface area contributed by atoms with E-state index in [2.05, 4.69) is 22.4 Å². The maximum absolute atomic E-state index is 11.9. The maximum Gasteiger partial charge on any atom is 0.237 e. The lowest BCUT2D eigenvalue weighted by Crippen LogP contribution is -2.32. The standard InChI is InChI=1S/C11H16N4O2/c1-2-3-4-5-15-10(17)6-9(16)13-8-7-12-14-11(8)15/h7H,2-6H2,1H3,(H,12,14)(H,13,16). The molecule has 1 aliphatic rings. The van der Waals surface area contributed by atoms with Crippen LogP contribution in [0.5, 0.6) is 0 Å². The van der Waals surface area contributed by atoms with Gasteiger partial charge in [-0.15, -0.1) is 0 Å². The molecule has 0 fully saturated rings. The Morgan fingerprint density at radius 1 is 1.41 bits per heavy atom. The van der Waals surface area contributed by atoms with Crippen molar-refractivity contribution >= 4 is 23.3 Å². The van der Waals surface area contributed by atoms with E-state index in [9.17, 15) is 9.59 Å². The Bertz CT molecular complexity index is 427. The summed E-state index contributed by atoms with van der Waals surface area (Å²) in [5.41, 5.74) is 0.581. The molecule has 2 amide bonds. The summed E-state index contributed by atoms with van der Waals surface area (Å²) < 4.78 is 0. The number of aromatic nitrogens is 2. The highest BCUT2D eigenvalue weighted by Gasteiger charge is 2.27. The number of carbonyl (C=O) groups excluding carboxylic acids is 2. The average molecular weight is 236 g/mol. The van der Waals surface area contributed by atoms with Crippen LogP contribution in [0.2, 0.25) is 0 Å². The van der Waals surface area contributed by atoms with Crippen LogP contribution in [0.25, 0.3) is 0 Å². The van der Waals surface area contributed by atoms with Crippen molar-refractivity contribution in [2.45, 2.75) is 32.6 Å². The predicted molar refractivity (Wildman–Crippen MR) is 63.7 cm³/mol. The number of carbonyl (C=O) groups is 2. The molecule has 0 bridgehead atoms. The zero-order valence-electron chi connectivity index (χ0n) is 9.82. The van der Waals surface area contributed by atoms with Crippen LogP contribution in [0.1, 0.15) is 32.6 Å². The summed E-state index contributed by atoms with van der Waals surface area (Å²) in [7, 11) is 0. The van der Waals surface area contributed by atoms with Crippen molar-refractivity contribution in [3.63, 3.8) is 0 Å². The molecule has 1 aliphatic heterocycles. The topological polar surface area (TPSA) is 78.1 Å². The zero-order valence-corrected chi connectivity index (χ0v) is 9.82. The summed E-state index contributed by atoms with van der Waals surface area (Å²) in [6.45, 7) is 2.73. The van der Waals surface area contributed by atoms with Crippen LogP contribution in [-0.2, 0) is 9.59 Å². The van der Waals surface area contributed by atoms with Gasteiger partial charge >= 0.3 is 0 Å². The lowest BCUT2D eigenvalue weighted by molar-refractivity contribution is -0.125. The van der Waals surface area contributed by atoms with Crippen molar-refractivity contribution in [1.29, 1.82) is 0 Å².